The maximum absolute atomic E-state index is 12.5. The lowest BCUT2D eigenvalue weighted by Gasteiger charge is -2.31. The van der Waals surface area contributed by atoms with Crippen LogP contribution in [0.15, 0.2) is 12.3 Å². The maximum atomic E-state index is 12.5. The van der Waals surface area contributed by atoms with E-state index in [1.54, 1.807) is 24.1 Å². The van der Waals surface area contributed by atoms with E-state index in [0.717, 1.165) is 0 Å². The number of hydrogen-bond donors (Lipinski definition) is 1. The van der Waals surface area contributed by atoms with Gasteiger partial charge in [0.15, 0.2) is 5.69 Å². The van der Waals surface area contributed by atoms with Gasteiger partial charge in [0, 0.05) is 11.7 Å². The topological polar surface area (TPSA) is 88.2 Å². The smallest absolute Gasteiger partial charge is 0.358 e. The number of aromatic amines is 1. The summed E-state index contributed by atoms with van der Waals surface area (Å²) in [5, 5.41) is 0.623. The summed E-state index contributed by atoms with van der Waals surface area (Å²) in [6, 6.07) is 1.74. The molecule has 2 aromatic heterocycles. The average molecular weight is 316 g/mol. The van der Waals surface area contributed by atoms with Gasteiger partial charge in [-0.3, -0.25) is 4.79 Å². The van der Waals surface area contributed by atoms with Gasteiger partial charge in [-0.25, -0.2) is 14.8 Å². The number of carbonyl (C=O) groups is 2. The molecule has 1 unspecified atom stereocenters. The van der Waals surface area contributed by atoms with Crippen LogP contribution in [0.5, 0.6) is 0 Å². The van der Waals surface area contributed by atoms with Crippen molar-refractivity contribution in [2.45, 2.75) is 45.8 Å². The predicted octanol–water partition coefficient (Wildman–Crippen LogP) is 1.82. The molecule has 3 rings (SSSR count). The van der Waals surface area contributed by atoms with Crippen LogP contribution >= 0.6 is 0 Å². The molecule has 1 aliphatic heterocycles. The van der Waals surface area contributed by atoms with Crippen molar-refractivity contribution in [1.82, 2.24) is 19.9 Å². The molecule has 1 fully saturated rings. The summed E-state index contributed by atoms with van der Waals surface area (Å²) >= 11 is 0. The molecule has 0 saturated carbocycles. The van der Waals surface area contributed by atoms with Gasteiger partial charge in [0.05, 0.1) is 18.4 Å². The van der Waals surface area contributed by atoms with Gasteiger partial charge < -0.3 is 14.6 Å². The fraction of sp³-hybridized carbons (Fsp3) is 0.500. The fourth-order valence-electron chi connectivity index (χ4n) is 2.82. The summed E-state index contributed by atoms with van der Waals surface area (Å²) in [6.07, 6.45) is 1.47. The number of nitrogens with one attached hydrogen (secondary N) is 1. The Morgan fingerprint density at radius 1 is 1.39 bits per heavy atom. The van der Waals surface area contributed by atoms with Crippen LogP contribution in [0.25, 0.3) is 11.0 Å². The summed E-state index contributed by atoms with van der Waals surface area (Å²) < 4.78 is 5.52. The van der Waals surface area contributed by atoms with E-state index in [1.807, 2.05) is 20.8 Å². The SMILES string of the molecule is Cc1nc(C(=O)OC2CC(=O)N(C(C)(C)C)C2)c2cc[nH]c2n1. The first-order valence-corrected chi connectivity index (χ1v) is 7.59. The minimum absolute atomic E-state index is 0.000888. The molecule has 122 valence electrons. The van der Waals surface area contributed by atoms with Crippen molar-refractivity contribution in [1.29, 1.82) is 0 Å². The molecule has 2 aromatic rings. The van der Waals surface area contributed by atoms with E-state index in [2.05, 4.69) is 15.0 Å². The van der Waals surface area contributed by atoms with Gasteiger partial charge in [-0.2, -0.15) is 0 Å². The molecule has 1 aliphatic rings. The summed E-state index contributed by atoms with van der Waals surface area (Å²) in [4.78, 5) is 37.7. The number of amides is 1. The zero-order valence-corrected chi connectivity index (χ0v) is 13.7. The normalized spacial score (nSPS) is 18.7. The van der Waals surface area contributed by atoms with Gasteiger partial charge >= 0.3 is 5.97 Å². The molecule has 1 N–H and O–H groups in total. The Bertz CT molecular complexity index is 775. The van der Waals surface area contributed by atoms with Gasteiger partial charge in [-0.1, -0.05) is 0 Å². The highest BCUT2D eigenvalue weighted by atomic mass is 16.5. The summed E-state index contributed by atoms with van der Waals surface area (Å²) in [6.45, 7) is 8.02. The number of aryl methyl sites for hydroxylation is 1. The molecule has 3 heterocycles. The third-order valence-electron chi connectivity index (χ3n) is 3.89. The summed E-state index contributed by atoms with van der Waals surface area (Å²) in [5.41, 5.74) is 0.552. The summed E-state index contributed by atoms with van der Waals surface area (Å²) in [5.74, 6) is -0.0275. The molecular weight excluding hydrogens is 296 g/mol. The number of hydrogen-bond acceptors (Lipinski definition) is 5. The molecule has 1 atom stereocenters. The summed E-state index contributed by atoms with van der Waals surface area (Å²) in [7, 11) is 0. The van der Waals surface area contributed by atoms with Gasteiger partial charge in [0.25, 0.3) is 0 Å². The number of fused-ring (bicyclic) bond motifs is 1. The van der Waals surface area contributed by atoms with E-state index in [1.165, 1.54) is 0 Å². The number of ether oxygens (including phenoxy) is 1. The molecular formula is C16H20N4O3. The highest BCUT2D eigenvalue weighted by Crippen LogP contribution is 2.25. The Hall–Kier alpha value is -2.44. The Balaban J connectivity index is 1.80. The zero-order chi connectivity index (χ0) is 16.8. The molecule has 0 bridgehead atoms. The minimum atomic E-state index is -0.520. The van der Waals surface area contributed by atoms with Crippen molar-refractivity contribution in [2.24, 2.45) is 0 Å². The van der Waals surface area contributed by atoms with Crippen LogP contribution in [0.1, 0.15) is 43.5 Å². The van der Waals surface area contributed by atoms with Crippen molar-refractivity contribution in [3.05, 3.63) is 23.8 Å². The molecule has 0 aliphatic carbocycles. The molecule has 0 radical (unpaired) electrons. The first kappa shape index (κ1) is 15.5. The Morgan fingerprint density at radius 3 is 2.78 bits per heavy atom. The first-order chi connectivity index (χ1) is 10.8. The Kier molecular flexibility index (Phi) is 3.58. The van der Waals surface area contributed by atoms with Crippen molar-refractivity contribution >= 4 is 22.9 Å². The van der Waals surface area contributed by atoms with Crippen LogP contribution in [0.2, 0.25) is 0 Å². The third kappa shape index (κ3) is 2.91. The highest BCUT2D eigenvalue weighted by Gasteiger charge is 2.38. The number of rotatable bonds is 2. The molecule has 0 spiro atoms. The van der Waals surface area contributed by atoms with E-state index in [4.69, 9.17) is 4.74 Å². The van der Waals surface area contributed by atoms with Gasteiger partial charge in [-0.05, 0) is 33.8 Å². The van der Waals surface area contributed by atoms with Crippen LogP contribution in [-0.4, -0.2) is 49.9 Å². The Morgan fingerprint density at radius 2 is 2.13 bits per heavy atom. The second-order valence-corrected chi connectivity index (χ2v) is 6.77. The number of nitrogens with zero attached hydrogens (tertiary/aromatic N) is 3. The van der Waals surface area contributed by atoms with Crippen LogP contribution in [0, 0.1) is 6.92 Å². The lowest BCUT2D eigenvalue weighted by atomic mass is 10.1. The van der Waals surface area contributed by atoms with E-state index in [0.29, 0.717) is 23.4 Å². The molecule has 7 heteroatoms. The lowest BCUT2D eigenvalue weighted by molar-refractivity contribution is -0.131. The molecule has 7 nitrogen and oxygen atoms in total. The van der Waals surface area contributed by atoms with Gasteiger partial charge in [0.1, 0.15) is 17.6 Å². The van der Waals surface area contributed by atoms with Crippen molar-refractivity contribution in [3.8, 4) is 0 Å². The number of carbonyl (C=O) groups excluding carboxylic acids is 2. The van der Waals surface area contributed by atoms with Crippen molar-refractivity contribution < 1.29 is 14.3 Å². The van der Waals surface area contributed by atoms with E-state index in [-0.39, 0.29) is 23.6 Å². The zero-order valence-electron chi connectivity index (χ0n) is 13.7. The third-order valence-corrected chi connectivity index (χ3v) is 3.89. The fourth-order valence-corrected chi connectivity index (χ4v) is 2.82. The quantitative estimate of drug-likeness (QED) is 0.854. The van der Waals surface area contributed by atoms with Gasteiger partial charge in [-0.15, -0.1) is 0 Å². The predicted molar refractivity (Wildman–Crippen MR) is 83.9 cm³/mol. The van der Waals surface area contributed by atoms with E-state index >= 15 is 0 Å². The molecule has 23 heavy (non-hydrogen) atoms. The lowest BCUT2D eigenvalue weighted by Crippen LogP contribution is -2.42. The first-order valence-electron chi connectivity index (χ1n) is 7.59. The van der Waals surface area contributed by atoms with Crippen molar-refractivity contribution in [2.75, 3.05) is 6.54 Å². The maximum Gasteiger partial charge on any atom is 0.358 e. The highest BCUT2D eigenvalue weighted by molar-refractivity contribution is 6.01. The van der Waals surface area contributed by atoms with Crippen molar-refractivity contribution in [3.63, 3.8) is 0 Å². The molecule has 1 amide bonds. The monoisotopic (exact) mass is 316 g/mol. The molecule has 1 saturated heterocycles. The Labute approximate surface area is 134 Å². The van der Waals surface area contributed by atoms with Crippen LogP contribution in [0.3, 0.4) is 0 Å². The van der Waals surface area contributed by atoms with Crippen LogP contribution in [-0.2, 0) is 9.53 Å². The van der Waals surface area contributed by atoms with Crippen LogP contribution in [0.4, 0.5) is 0 Å². The number of aromatic nitrogens is 3. The average Bonchev–Trinajstić information content (AvgIpc) is 3.03. The number of likely N-dealkylation sites (tertiary alicyclic amines) is 1. The van der Waals surface area contributed by atoms with E-state index in [9.17, 15) is 9.59 Å². The number of esters is 1. The largest absolute Gasteiger partial charge is 0.455 e. The van der Waals surface area contributed by atoms with E-state index < -0.39 is 12.1 Å². The van der Waals surface area contributed by atoms with Gasteiger partial charge in [0.2, 0.25) is 5.91 Å². The molecule has 0 aromatic carbocycles. The second kappa shape index (κ2) is 5.33. The standard InChI is InChI=1S/C16H20N4O3/c1-9-18-13(11-5-6-17-14(11)19-9)15(22)23-10-7-12(21)20(8-10)16(2,3)4/h5-6,10H,7-8H2,1-4H3,(H,17,18,19). The second-order valence-electron chi connectivity index (χ2n) is 6.77. The minimum Gasteiger partial charge on any atom is -0.455 e. The van der Waals surface area contributed by atoms with Crippen LogP contribution < -0.4 is 0 Å². The number of H-pyrrole nitrogens is 1.